The second-order valence-corrected chi connectivity index (χ2v) is 5.31. The number of carbonyl (C=O) groups is 2. The van der Waals surface area contributed by atoms with Gasteiger partial charge in [0.1, 0.15) is 0 Å². The van der Waals surface area contributed by atoms with Crippen molar-refractivity contribution in [3.8, 4) is 6.07 Å². The van der Waals surface area contributed by atoms with Gasteiger partial charge in [-0.3, -0.25) is 9.59 Å². The minimum absolute atomic E-state index is 0.00179. The Balaban J connectivity index is 1.92. The maximum Gasteiger partial charge on any atom is 0.253 e. The molecule has 1 aromatic rings. The molecule has 1 saturated heterocycles. The molecule has 0 unspecified atom stereocenters. The predicted molar refractivity (Wildman–Crippen MR) is 82.7 cm³/mol. The van der Waals surface area contributed by atoms with Crippen LogP contribution in [0.15, 0.2) is 36.9 Å². The Morgan fingerprint density at radius 3 is 2.50 bits per heavy atom. The zero-order valence-electron chi connectivity index (χ0n) is 12.4. The lowest BCUT2D eigenvalue weighted by Gasteiger charge is -2.29. The van der Waals surface area contributed by atoms with Gasteiger partial charge in [0.15, 0.2) is 0 Å². The fourth-order valence-corrected chi connectivity index (χ4v) is 2.42. The third-order valence-corrected chi connectivity index (χ3v) is 3.82. The summed E-state index contributed by atoms with van der Waals surface area (Å²) in [4.78, 5) is 25.3. The first kappa shape index (κ1) is 15.8. The molecule has 5 heteroatoms. The molecular formula is C17H19N3O2. The lowest BCUT2D eigenvalue weighted by molar-refractivity contribution is -0.116. The van der Waals surface area contributed by atoms with Gasteiger partial charge in [-0.05, 0) is 36.6 Å². The van der Waals surface area contributed by atoms with Crippen molar-refractivity contribution in [3.63, 3.8) is 0 Å². The van der Waals surface area contributed by atoms with Crippen LogP contribution < -0.4 is 5.32 Å². The first-order valence-corrected chi connectivity index (χ1v) is 7.32. The molecule has 0 aliphatic carbocycles. The summed E-state index contributed by atoms with van der Waals surface area (Å²) < 4.78 is 0. The van der Waals surface area contributed by atoms with Gasteiger partial charge in [-0.25, -0.2) is 0 Å². The van der Waals surface area contributed by atoms with Crippen LogP contribution in [0.2, 0.25) is 0 Å². The van der Waals surface area contributed by atoms with Gasteiger partial charge in [0.2, 0.25) is 5.91 Å². The second kappa shape index (κ2) is 7.41. The molecule has 0 radical (unpaired) electrons. The van der Waals surface area contributed by atoms with Crippen molar-refractivity contribution in [3.05, 3.63) is 48.0 Å². The Morgan fingerprint density at radius 1 is 1.32 bits per heavy atom. The number of hydrogen-bond donors (Lipinski definition) is 1. The molecule has 0 spiro atoms. The van der Waals surface area contributed by atoms with Crippen LogP contribution >= 0.6 is 0 Å². The molecule has 1 aromatic carbocycles. The molecule has 2 amide bonds. The van der Waals surface area contributed by atoms with E-state index in [1.807, 2.05) is 12.1 Å². The number of piperidine rings is 1. The van der Waals surface area contributed by atoms with Crippen LogP contribution in [-0.4, -0.2) is 29.8 Å². The van der Waals surface area contributed by atoms with E-state index >= 15 is 0 Å². The highest BCUT2D eigenvalue weighted by atomic mass is 16.2. The Bertz CT molecular complexity index is 593. The van der Waals surface area contributed by atoms with Crippen LogP contribution in [0.1, 0.15) is 28.8 Å². The first-order chi connectivity index (χ1) is 10.6. The number of amides is 2. The second-order valence-electron chi connectivity index (χ2n) is 5.31. The van der Waals surface area contributed by atoms with Crippen molar-refractivity contribution < 1.29 is 9.59 Å². The highest BCUT2D eigenvalue weighted by Crippen LogP contribution is 2.18. The van der Waals surface area contributed by atoms with Gasteiger partial charge in [-0.2, -0.15) is 5.26 Å². The summed E-state index contributed by atoms with van der Waals surface area (Å²) in [6.45, 7) is 5.07. The largest absolute Gasteiger partial charge is 0.348 e. The van der Waals surface area contributed by atoms with Crippen molar-refractivity contribution in [2.45, 2.75) is 19.4 Å². The molecule has 5 nitrogen and oxygen atoms in total. The van der Waals surface area contributed by atoms with E-state index in [0.717, 1.165) is 18.4 Å². The van der Waals surface area contributed by atoms with Crippen molar-refractivity contribution in [2.24, 2.45) is 5.92 Å². The fourth-order valence-electron chi connectivity index (χ4n) is 2.42. The first-order valence-electron chi connectivity index (χ1n) is 7.32. The molecule has 114 valence electrons. The third kappa shape index (κ3) is 3.95. The van der Waals surface area contributed by atoms with Crippen molar-refractivity contribution >= 4 is 11.8 Å². The smallest absolute Gasteiger partial charge is 0.253 e. The van der Waals surface area contributed by atoms with Crippen LogP contribution in [0.3, 0.4) is 0 Å². The molecule has 1 fully saturated rings. The summed E-state index contributed by atoms with van der Waals surface area (Å²) in [7, 11) is 0. The Kier molecular flexibility index (Phi) is 5.31. The molecule has 1 aliphatic rings. The SMILES string of the molecule is C=CC(=O)NCc1ccc(C(=O)N2CCC(C#N)CC2)cc1. The van der Waals surface area contributed by atoms with Gasteiger partial charge < -0.3 is 10.2 Å². The van der Waals surface area contributed by atoms with Gasteiger partial charge >= 0.3 is 0 Å². The standard InChI is InChI=1S/C17H19N3O2/c1-2-16(21)19-12-14-3-5-15(6-4-14)17(22)20-9-7-13(11-18)8-10-20/h2-6,13H,1,7-10,12H2,(H,19,21). The molecular weight excluding hydrogens is 278 g/mol. The lowest BCUT2D eigenvalue weighted by Crippen LogP contribution is -2.38. The number of likely N-dealkylation sites (tertiary alicyclic amines) is 1. The van der Waals surface area contributed by atoms with Crippen molar-refractivity contribution in [1.29, 1.82) is 5.26 Å². The summed E-state index contributed by atoms with van der Waals surface area (Å²) in [6.07, 6.45) is 2.71. The molecule has 0 saturated carbocycles. The van der Waals surface area contributed by atoms with E-state index in [1.165, 1.54) is 6.08 Å². The van der Waals surface area contributed by atoms with E-state index in [0.29, 0.717) is 25.2 Å². The Labute approximate surface area is 130 Å². The van der Waals surface area contributed by atoms with E-state index in [9.17, 15) is 9.59 Å². The maximum absolute atomic E-state index is 12.4. The number of nitrogens with zero attached hydrogens (tertiary/aromatic N) is 2. The van der Waals surface area contributed by atoms with E-state index in [1.54, 1.807) is 17.0 Å². The fraction of sp³-hybridized carbons (Fsp3) is 0.353. The maximum atomic E-state index is 12.4. The summed E-state index contributed by atoms with van der Waals surface area (Å²) in [5.41, 5.74) is 1.56. The molecule has 0 atom stereocenters. The van der Waals surface area contributed by atoms with Gasteiger partial charge in [0.25, 0.3) is 5.91 Å². The third-order valence-electron chi connectivity index (χ3n) is 3.82. The molecule has 0 bridgehead atoms. The highest BCUT2D eigenvalue weighted by molar-refractivity contribution is 5.94. The minimum atomic E-state index is -0.222. The highest BCUT2D eigenvalue weighted by Gasteiger charge is 2.23. The van der Waals surface area contributed by atoms with Crippen LogP contribution in [-0.2, 0) is 11.3 Å². The minimum Gasteiger partial charge on any atom is -0.348 e. The Hall–Kier alpha value is -2.61. The summed E-state index contributed by atoms with van der Waals surface area (Å²) >= 11 is 0. The van der Waals surface area contributed by atoms with Crippen molar-refractivity contribution in [1.82, 2.24) is 10.2 Å². The molecule has 1 N–H and O–H groups in total. The quantitative estimate of drug-likeness (QED) is 0.862. The van der Waals surface area contributed by atoms with Crippen LogP contribution in [0.25, 0.3) is 0 Å². The van der Waals surface area contributed by atoms with E-state index in [4.69, 9.17) is 5.26 Å². The average Bonchev–Trinajstić information content (AvgIpc) is 2.59. The molecule has 1 heterocycles. The van der Waals surface area contributed by atoms with Gasteiger partial charge in [-0.15, -0.1) is 0 Å². The van der Waals surface area contributed by atoms with Crippen LogP contribution in [0, 0.1) is 17.2 Å². The molecule has 22 heavy (non-hydrogen) atoms. The van der Waals surface area contributed by atoms with E-state index in [2.05, 4.69) is 18.0 Å². The van der Waals surface area contributed by atoms with Crippen molar-refractivity contribution in [2.75, 3.05) is 13.1 Å². The van der Waals surface area contributed by atoms with Gasteiger partial charge in [0, 0.05) is 31.1 Å². The van der Waals surface area contributed by atoms with E-state index < -0.39 is 0 Å². The lowest BCUT2D eigenvalue weighted by atomic mass is 9.98. The summed E-state index contributed by atoms with van der Waals surface area (Å²) in [5.74, 6) is -0.154. The van der Waals surface area contributed by atoms with Gasteiger partial charge in [0.05, 0.1) is 6.07 Å². The van der Waals surface area contributed by atoms with Gasteiger partial charge in [-0.1, -0.05) is 18.7 Å². The average molecular weight is 297 g/mol. The number of hydrogen-bond acceptors (Lipinski definition) is 3. The van der Waals surface area contributed by atoms with Crippen LogP contribution in [0.5, 0.6) is 0 Å². The topological polar surface area (TPSA) is 73.2 Å². The predicted octanol–water partition coefficient (Wildman–Crippen LogP) is 1.86. The molecule has 0 aromatic heterocycles. The summed E-state index contributed by atoms with van der Waals surface area (Å²) in [6, 6.07) is 9.47. The molecule has 1 aliphatic heterocycles. The number of benzene rings is 1. The summed E-state index contributed by atoms with van der Waals surface area (Å²) in [5, 5.41) is 11.6. The zero-order valence-corrected chi connectivity index (χ0v) is 12.4. The number of nitriles is 1. The number of nitrogens with one attached hydrogen (secondary N) is 1. The molecule has 2 rings (SSSR count). The monoisotopic (exact) mass is 297 g/mol. The van der Waals surface area contributed by atoms with Crippen LogP contribution in [0.4, 0.5) is 0 Å². The zero-order chi connectivity index (χ0) is 15.9. The van der Waals surface area contributed by atoms with E-state index in [-0.39, 0.29) is 17.7 Å². The normalized spacial score (nSPS) is 15.0. The Morgan fingerprint density at radius 2 is 1.95 bits per heavy atom. The number of carbonyl (C=O) groups excluding carboxylic acids is 2. The number of rotatable bonds is 4.